The second-order valence-corrected chi connectivity index (χ2v) is 8.05. The van der Waals surface area contributed by atoms with E-state index in [-0.39, 0.29) is 28.2 Å². The number of hydrogen-bond acceptors (Lipinski definition) is 5. The first-order chi connectivity index (χ1) is 13.8. The molecule has 4 rings (SSSR count). The number of carbonyl (C=O) groups is 1. The van der Waals surface area contributed by atoms with Crippen molar-refractivity contribution in [2.45, 2.75) is 38.8 Å². The summed E-state index contributed by atoms with van der Waals surface area (Å²) in [5.41, 5.74) is 0.0390. The molecule has 1 aliphatic carbocycles. The lowest BCUT2D eigenvalue weighted by atomic mass is 10.1. The normalized spacial score (nSPS) is 20.3. The molecule has 29 heavy (non-hydrogen) atoms. The molecule has 7 nitrogen and oxygen atoms in total. The molecule has 9 heteroatoms. The van der Waals surface area contributed by atoms with Crippen LogP contribution in [-0.4, -0.2) is 52.9 Å². The number of pyridine rings is 1. The Bertz CT molecular complexity index is 1040. The Balaban J connectivity index is 1.88. The van der Waals surface area contributed by atoms with Crippen LogP contribution in [0.3, 0.4) is 0 Å². The van der Waals surface area contributed by atoms with E-state index in [9.17, 15) is 9.59 Å². The highest BCUT2D eigenvalue weighted by Crippen LogP contribution is 2.43. The van der Waals surface area contributed by atoms with E-state index in [1.165, 1.54) is 6.20 Å². The summed E-state index contributed by atoms with van der Waals surface area (Å²) in [6.07, 6.45) is 1.54. The minimum Gasteiger partial charge on any atom is -0.449 e. The second-order valence-electron chi connectivity index (χ2n) is 7.67. The third-order valence-electron chi connectivity index (χ3n) is 5.78. The van der Waals surface area contributed by atoms with Gasteiger partial charge < -0.3 is 19.3 Å². The van der Waals surface area contributed by atoms with E-state index in [1.807, 2.05) is 4.90 Å². The molecule has 2 heterocycles. The van der Waals surface area contributed by atoms with E-state index in [4.69, 9.17) is 16.7 Å². The molecule has 2 aliphatic rings. The van der Waals surface area contributed by atoms with Crippen LogP contribution < -0.4 is 15.1 Å². The summed E-state index contributed by atoms with van der Waals surface area (Å²) in [6.45, 7) is 7.18. The number of anilines is 1. The Hall–Kier alpha value is -2.32. The summed E-state index contributed by atoms with van der Waals surface area (Å²) in [7, 11) is 0. The number of halogens is 2. The zero-order valence-electron chi connectivity index (χ0n) is 16.3. The van der Waals surface area contributed by atoms with Gasteiger partial charge >= 0.3 is 6.16 Å². The zero-order valence-corrected chi connectivity index (χ0v) is 17.1. The average molecular weight is 424 g/mol. The van der Waals surface area contributed by atoms with Crippen molar-refractivity contribution in [1.82, 2.24) is 9.47 Å². The maximum Gasteiger partial charge on any atom is 0.511 e. The highest BCUT2D eigenvalue weighted by molar-refractivity contribution is 6.38. The van der Waals surface area contributed by atoms with Crippen molar-refractivity contribution in [3.8, 4) is 5.75 Å². The molecule has 1 aromatic carbocycles. The lowest BCUT2D eigenvalue weighted by molar-refractivity contribution is 0.143. The van der Waals surface area contributed by atoms with Gasteiger partial charge in [0.25, 0.3) is 0 Å². The van der Waals surface area contributed by atoms with Gasteiger partial charge in [-0.05, 0) is 32.4 Å². The van der Waals surface area contributed by atoms with Gasteiger partial charge in [-0.3, -0.25) is 9.69 Å². The number of carboxylic acid groups (broad SMARTS) is 1. The second kappa shape index (κ2) is 7.50. The fraction of sp³-hybridized carbons (Fsp3) is 0.500. The van der Waals surface area contributed by atoms with Gasteiger partial charge in [0.1, 0.15) is 5.82 Å². The number of rotatable bonds is 4. The molecule has 1 aliphatic heterocycles. The van der Waals surface area contributed by atoms with Crippen LogP contribution >= 0.6 is 11.6 Å². The monoisotopic (exact) mass is 423 g/mol. The summed E-state index contributed by atoms with van der Waals surface area (Å²) in [4.78, 5) is 27.9. The molecule has 0 radical (unpaired) electrons. The molecule has 1 atom stereocenters. The quantitative estimate of drug-likeness (QED) is 0.755. The predicted octanol–water partition coefficient (Wildman–Crippen LogP) is 3.72. The van der Waals surface area contributed by atoms with E-state index in [2.05, 4.69) is 23.5 Å². The molecular formula is C20H23ClFN3O4. The van der Waals surface area contributed by atoms with Crippen molar-refractivity contribution < 1.29 is 19.0 Å². The fourth-order valence-corrected chi connectivity index (χ4v) is 4.58. The van der Waals surface area contributed by atoms with Crippen LogP contribution in [0.25, 0.3) is 10.9 Å². The molecule has 0 amide bonds. The minimum atomic E-state index is -1.59. The van der Waals surface area contributed by atoms with E-state index < -0.39 is 17.4 Å². The van der Waals surface area contributed by atoms with Crippen LogP contribution in [0.15, 0.2) is 17.1 Å². The third kappa shape index (κ3) is 3.55. The van der Waals surface area contributed by atoms with Crippen LogP contribution in [-0.2, 0) is 0 Å². The van der Waals surface area contributed by atoms with Gasteiger partial charge in [0, 0.05) is 31.7 Å². The van der Waals surface area contributed by atoms with Crippen LogP contribution in [0, 0.1) is 5.82 Å². The molecule has 1 saturated heterocycles. The van der Waals surface area contributed by atoms with Gasteiger partial charge in [-0.1, -0.05) is 18.5 Å². The van der Waals surface area contributed by atoms with Crippen molar-refractivity contribution in [1.29, 1.82) is 0 Å². The van der Waals surface area contributed by atoms with Gasteiger partial charge in [-0.2, -0.15) is 0 Å². The molecule has 0 spiro atoms. The van der Waals surface area contributed by atoms with Crippen molar-refractivity contribution >= 4 is 34.3 Å². The number of piperazine rings is 1. The van der Waals surface area contributed by atoms with Gasteiger partial charge in [0.05, 0.1) is 27.8 Å². The highest BCUT2D eigenvalue weighted by Gasteiger charge is 2.31. The van der Waals surface area contributed by atoms with E-state index in [0.29, 0.717) is 24.3 Å². The van der Waals surface area contributed by atoms with Gasteiger partial charge in [0.2, 0.25) is 5.43 Å². The van der Waals surface area contributed by atoms with Crippen molar-refractivity contribution in [3.63, 3.8) is 0 Å². The number of ether oxygens (including phenoxy) is 1. The number of fused-ring (bicyclic) bond motifs is 1. The Kier molecular flexibility index (Phi) is 5.16. The SMILES string of the molecule is CCN1CCN(c2c(F)cc3c(=O)c(OC(=O)O)cn(C4CC4)c3c2Cl)CC1C. The standard InChI is InChI=1S/C20H23ClFN3O4/c1-3-23-6-7-24(9-11(23)2)18-14(22)8-13-17(16(18)21)25(12-4-5-12)10-15(19(13)26)29-20(27)28/h8,10-12H,3-7,9H2,1-2H3,(H,27,28). The highest BCUT2D eigenvalue weighted by atomic mass is 35.5. The number of likely N-dealkylation sites (N-methyl/N-ethyl adjacent to an activating group) is 1. The topological polar surface area (TPSA) is 75.0 Å². The summed E-state index contributed by atoms with van der Waals surface area (Å²) >= 11 is 6.69. The lowest BCUT2D eigenvalue weighted by Gasteiger charge is -2.41. The first-order valence-electron chi connectivity index (χ1n) is 9.78. The zero-order chi connectivity index (χ0) is 20.9. The molecule has 1 aromatic heterocycles. The summed E-state index contributed by atoms with van der Waals surface area (Å²) in [6, 6.07) is 1.49. The maximum atomic E-state index is 15.1. The van der Waals surface area contributed by atoms with E-state index >= 15 is 4.39 Å². The Morgan fingerprint density at radius 3 is 2.69 bits per heavy atom. The number of nitrogens with zero attached hydrogens (tertiary/aromatic N) is 3. The molecule has 2 aromatic rings. The van der Waals surface area contributed by atoms with Crippen molar-refractivity contribution in [2.24, 2.45) is 0 Å². The fourth-order valence-electron chi connectivity index (χ4n) is 4.17. The Morgan fingerprint density at radius 2 is 2.10 bits per heavy atom. The van der Waals surface area contributed by atoms with Crippen LogP contribution in [0.4, 0.5) is 14.9 Å². The molecule has 156 valence electrons. The number of benzene rings is 1. The van der Waals surface area contributed by atoms with Crippen molar-refractivity contribution in [2.75, 3.05) is 31.1 Å². The molecular weight excluding hydrogens is 401 g/mol. The molecule has 2 fully saturated rings. The molecule has 1 N–H and O–H groups in total. The lowest BCUT2D eigenvalue weighted by Crippen LogP contribution is -2.52. The number of aromatic nitrogens is 1. The maximum absolute atomic E-state index is 15.1. The summed E-state index contributed by atoms with van der Waals surface area (Å²) in [5, 5.41) is 9.13. The van der Waals surface area contributed by atoms with E-state index in [1.54, 1.807) is 4.57 Å². The minimum absolute atomic E-state index is 0.0298. The average Bonchev–Trinajstić information content (AvgIpc) is 3.49. The molecule has 0 bridgehead atoms. The van der Waals surface area contributed by atoms with Crippen LogP contribution in [0.1, 0.15) is 32.7 Å². The van der Waals surface area contributed by atoms with Gasteiger partial charge in [0.15, 0.2) is 5.75 Å². The van der Waals surface area contributed by atoms with Crippen LogP contribution in [0.5, 0.6) is 5.75 Å². The first kappa shape index (κ1) is 20.0. The predicted molar refractivity (Wildman–Crippen MR) is 109 cm³/mol. The first-order valence-corrected chi connectivity index (χ1v) is 10.2. The smallest absolute Gasteiger partial charge is 0.449 e. The molecule has 1 unspecified atom stereocenters. The Labute approximate surface area is 172 Å². The van der Waals surface area contributed by atoms with E-state index in [0.717, 1.165) is 32.0 Å². The Morgan fingerprint density at radius 1 is 1.38 bits per heavy atom. The largest absolute Gasteiger partial charge is 0.511 e. The summed E-state index contributed by atoms with van der Waals surface area (Å²) in [5.74, 6) is -0.933. The number of hydrogen-bond donors (Lipinski definition) is 1. The van der Waals surface area contributed by atoms with Gasteiger partial charge in [-0.15, -0.1) is 0 Å². The third-order valence-corrected chi connectivity index (χ3v) is 6.13. The summed E-state index contributed by atoms with van der Waals surface area (Å²) < 4.78 is 21.5. The van der Waals surface area contributed by atoms with Crippen molar-refractivity contribution in [3.05, 3.63) is 33.3 Å². The molecule has 1 saturated carbocycles. The van der Waals surface area contributed by atoms with Gasteiger partial charge in [-0.25, -0.2) is 9.18 Å². The van der Waals surface area contributed by atoms with Crippen LogP contribution in [0.2, 0.25) is 5.02 Å².